The first-order valence-corrected chi connectivity index (χ1v) is 12.5. The Hall–Kier alpha value is -4.79. The number of carbonyl (C=O) groups is 2. The number of fused-ring (bicyclic) bond motifs is 2. The van der Waals surface area contributed by atoms with E-state index in [-0.39, 0.29) is 0 Å². The molecule has 0 bridgehead atoms. The third kappa shape index (κ3) is 5.43. The standard InChI is InChI=1S/C30H29N5O4/c1-30(2,3)39-29(37)35-25-14-12-20(15-22(25)17-31-35)26-27(34(4)18-19-9-7-6-8-10-19)33-24-16-21(28(36)38-5)11-13-23(24)32-26/h6-17H,18H2,1-5H3. The highest BCUT2D eigenvalue weighted by Gasteiger charge is 2.22. The number of hydrogen-bond donors (Lipinski definition) is 0. The number of hydrogen-bond acceptors (Lipinski definition) is 8. The minimum Gasteiger partial charge on any atom is -0.465 e. The second-order valence-corrected chi connectivity index (χ2v) is 10.2. The Bertz CT molecular complexity index is 1690. The molecule has 0 amide bonds. The third-order valence-corrected chi connectivity index (χ3v) is 6.10. The fraction of sp³-hybridized carbons (Fsp3) is 0.233. The Morgan fingerprint density at radius 1 is 0.949 bits per heavy atom. The Kier molecular flexibility index (Phi) is 6.74. The van der Waals surface area contributed by atoms with Crippen LogP contribution in [0, 0.1) is 0 Å². The van der Waals surface area contributed by atoms with Gasteiger partial charge >= 0.3 is 12.1 Å². The van der Waals surface area contributed by atoms with Crippen LogP contribution in [0.2, 0.25) is 0 Å². The molecule has 198 valence electrons. The summed E-state index contributed by atoms with van der Waals surface area (Å²) in [7, 11) is 3.30. The van der Waals surface area contributed by atoms with Crippen LogP contribution in [0.5, 0.6) is 0 Å². The number of methoxy groups -OCH3 is 1. The van der Waals surface area contributed by atoms with Crippen molar-refractivity contribution in [1.29, 1.82) is 0 Å². The Morgan fingerprint density at radius 3 is 2.44 bits per heavy atom. The van der Waals surface area contributed by atoms with Gasteiger partial charge in [0.2, 0.25) is 0 Å². The van der Waals surface area contributed by atoms with Crippen molar-refractivity contribution in [2.75, 3.05) is 19.1 Å². The number of carbonyl (C=O) groups excluding carboxylic acids is 2. The van der Waals surface area contributed by atoms with E-state index in [4.69, 9.17) is 19.4 Å². The van der Waals surface area contributed by atoms with E-state index in [1.54, 1.807) is 24.4 Å². The van der Waals surface area contributed by atoms with Crippen LogP contribution in [0.25, 0.3) is 33.2 Å². The molecule has 0 saturated heterocycles. The van der Waals surface area contributed by atoms with Crippen molar-refractivity contribution >= 4 is 39.8 Å². The monoisotopic (exact) mass is 523 g/mol. The summed E-state index contributed by atoms with van der Waals surface area (Å²) in [5.74, 6) is 0.210. The molecule has 0 aliphatic carbocycles. The number of rotatable bonds is 5. The summed E-state index contributed by atoms with van der Waals surface area (Å²) in [6, 6.07) is 20.8. The van der Waals surface area contributed by atoms with E-state index in [0.29, 0.717) is 40.2 Å². The highest BCUT2D eigenvalue weighted by atomic mass is 16.6. The number of esters is 1. The molecule has 0 saturated carbocycles. The van der Waals surface area contributed by atoms with E-state index in [2.05, 4.69) is 17.2 Å². The van der Waals surface area contributed by atoms with Crippen LogP contribution in [-0.4, -0.2) is 51.6 Å². The molecule has 9 heteroatoms. The van der Waals surface area contributed by atoms with Crippen LogP contribution in [0.1, 0.15) is 36.7 Å². The van der Waals surface area contributed by atoms with E-state index in [1.165, 1.54) is 11.8 Å². The number of benzene rings is 3. The zero-order chi connectivity index (χ0) is 27.7. The molecule has 5 rings (SSSR count). The second kappa shape index (κ2) is 10.2. The van der Waals surface area contributed by atoms with Gasteiger partial charge in [-0.15, -0.1) is 0 Å². The Balaban J connectivity index is 1.61. The Morgan fingerprint density at radius 2 is 1.72 bits per heavy atom. The van der Waals surface area contributed by atoms with Crippen molar-refractivity contribution in [3.8, 4) is 11.3 Å². The van der Waals surface area contributed by atoms with Gasteiger partial charge in [-0.05, 0) is 56.7 Å². The van der Waals surface area contributed by atoms with E-state index < -0.39 is 17.7 Å². The zero-order valence-corrected chi connectivity index (χ0v) is 22.5. The van der Waals surface area contributed by atoms with Crippen molar-refractivity contribution < 1.29 is 19.1 Å². The maximum absolute atomic E-state index is 12.7. The SMILES string of the molecule is COC(=O)c1ccc2nc(-c3ccc4c(cnn4C(=O)OC(C)(C)C)c3)c(N(C)Cc3ccccc3)nc2c1. The van der Waals surface area contributed by atoms with Gasteiger partial charge in [0, 0.05) is 24.5 Å². The molecule has 0 aliphatic heterocycles. The molecule has 5 aromatic rings. The number of nitrogens with zero attached hydrogens (tertiary/aromatic N) is 5. The van der Waals surface area contributed by atoms with Crippen LogP contribution >= 0.6 is 0 Å². The van der Waals surface area contributed by atoms with Crippen molar-refractivity contribution in [2.24, 2.45) is 0 Å². The lowest BCUT2D eigenvalue weighted by molar-refractivity contribution is 0.0521. The predicted octanol–water partition coefficient (Wildman–Crippen LogP) is 5.85. The highest BCUT2D eigenvalue weighted by Crippen LogP contribution is 2.32. The molecule has 9 nitrogen and oxygen atoms in total. The van der Waals surface area contributed by atoms with Crippen LogP contribution in [0.4, 0.5) is 10.6 Å². The van der Waals surface area contributed by atoms with Gasteiger partial charge in [-0.3, -0.25) is 0 Å². The quantitative estimate of drug-likeness (QED) is 0.265. The minimum absolute atomic E-state index is 0.402. The lowest BCUT2D eigenvalue weighted by Crippen LogP contribution is -2.27. The maximum atomic E-state index is 12.7. The van der Waals surface area contributed by atoms with Gasteiger partial charge in [0.1, 0.15) is 11.3 Å². The molecule has 0 radical (unpaired) electrons. The number of aromatic nitrogens is 4. The smallest absolute Gasteiger partial charge is 0.435 e. The van der Waals surface area contributed by atoms with Gasteiger partial charge in [-0.25, -0.2) is 19.6 Å². The van der Waals surface area contributed by atoms with Crippen LogP contribution in [0.15, 0.2) is 72.9 Å². The number of anilines is 1. The topological polar surface area (TPSA) is 99.4 Å². The van der Waals surface area contributed by atoms with Gasteiger partial charge < -0.3 is 14.4 Å². The minimum atomic E-state index is -0.637. The summed E-state index contributed by atoms with van der Waals surface area (Å²) >= 11 is 0. The Labute approximate surface area is 226 Å². The molecule has 0 atom stereocenters. The van der Waals surface area contributed by atoms with Crippen molar-refractivity contribution in [3.63, 3.8) is 0 Å². The highest BCUT2D eigenvalue weighted by molar-refractivity contribution is 5.95. The maximum Gasteiger partial charge on any atom is 0.435 e. The van der Waals surface area contributed by atoms with E-state index in [9.17, 15) is 9.59 Å². The lowest BCUT2D eigenvalue weighted by Gasteiger charge is -2.22. The number of ether oxygens (including phenoxy) is 2. The van der Waals surface area contributed by atoms with Crippen LogP contribution < -0.4 is 4.90 Å². The summed E-state index contributed by atoms with van der Waals surface area (Å²) < 4.78 is 11.6. The van der Waals surface area contributed by atoms with Crippen molar-refractivity contribution in [2.45, 2.75) is 32.9 Å². The largest absolute Gasteiger partial charge is 0.465 e. The lowest BCUT2D eigenvalue weighted by atomic mass is 10.1. The first-order valence-electron chi connectivity index (χ1n) is 12.5. The molecule has 0 spiro atoms. The molecular formula is C30H29N5O4. The van der Waals surface area contributed by atoms with Gasteiger partial charge in [0.15, 0.2) is 5.82 Å². The van der Waals surface area contributed by atoms with Crippen molar-refractivity contribution in [1.82, 2.24) is 19.7 Å². The average molecular weight is 524 g/mol. The van der Waals surface area contributed by atoms with Gasteiger partial charge in [0.25, 0.3) is 0 Å². The van der Waals surface area contributed by atoms with Crippen LogP contribution in [0.3, 0.4) is 0 Å². The van der Waals surface area contributed by atoms with E-state index in [0.717, 1.165) is 16.5 Å². The molecule has 2 aromatic heterocycles. The summed E-state index contributed by atoms with van der Waals surface area (Å²) in [6.07, 6.45) is 1.09. The summed E-state index contributed by atoms with van der Waals surface area (Å²) in [5.41, 5.74) is 4.20. The molecule has 0 N–H and O–H groups in total. The summed E-state index contributed by atoms with van der Waals surface area (Å²) in [4.78, 5) is 36.7. The normalized spacial score (nSPS) is 11.5. The first-order chi connectivity index (χ1) is 18.6. The predicted molar refractivity (Wildman–Crippen MR) is 150 cm³/mol. The third-order valence-electron chi connectivity index (χ3n) is 6.10. The first kappa shape index (κ1) is 25.8. The molecule has 2 heterocycles. The average Bonchev–Trinajstić information content (AvgIpc) is 3.35. The van der Waals surface area contributed by atoms with Gasteiger partial charge in [0.05, 0.1) is 35.4 Å². The van der Waals surface area contributed by atoms with E-state index in [1.807, 2.05) is 69.1 Å². The second-order valence-electron chi connectivity index (χ2n) is 10.2. The molecule has 3 aromatic carbocycles. The summed E-state index contributed by atoms with van der Waals surface area (Å²) in [5, 5.41) is 5.03. The molecule has 0 fully saturated rings. The van der Waals surface area contributed by atoms with Gasteiger partial charge in [-0.1, -0.05) is 36.4 Å². The molecule has 0 aliphatic rings. The fourth-order valence-electron chi connectivity index (χ4n) is 4.31. The molecular weight excluding hydrogens is 494 g/mol. The molecule has 0 unspecified atom stereocenters. The van der Waals surface area contributed by atoms with E-state index >= 15 is 0 Å². The summed E-state index contributed by atoms with van der Waals surface area (Å²) in [6.45, 7) is 6.04. The van der Waals surface area contributed by atoms with Crippen LogP contribution in [-0.2, 0) is 16.0 Å². The zero-order valence-electron chi connectivity index (χ0n) is 22.5. The fourth-order valence-corrected chi connectivity index (χ4v) is 4.31. The molecule has 39 heavy (non-hydrogen) atoms. The van der Waals surface area contributed by atoms with Crippen molar-refractivity contribution in [3.05, 3.63) is 84.1 Å². The van der Waals surface area contributed by atoms with Gasteiger partial charge in [-0.2, -0.15) is 9.78 Å².